The molecule has 3 unspecified atom stereocenters. The number of rotatable bonds is 3. The predicted octanol–water partition coefficient (Wildman–Crippen LogP) is 3.04. The molecule has 0 spiro atoms. The standard InChI is InChI=1S/C20H20FN3O3/c1-13(24(26)20(22)25)5-6-14-3-2-4-16(11-14)19-12-18(23-27-19)15-7-9-17(21)10-8-15/h2-4,7-11,13,18-19,23,26H,12H2,1H3,(H2,22,25). The normalized spacial score (nSPS) is 19.8. The number of nitrogens with zero attached hydrogens (tertiary/aromatic N) is 1. The fourth-order valence-corrected chi connectivity index (χ4v) is 2.83. The highest BCUT2D eigenvalue weighted by Crippen LogP contribution is 2.34. The van der Waals surface area contributed by atoms with Gasteiger partial charge in [0.05, 0.1) is 6.04 Å². The van der Waals surface area contributed by atoms with Crippen molar-refractivity contribution >= 4 is 6.03 Å². The van der Waals surface area contributed by atoms with Gasteiger partial charge in [0.2, 0.25) is 0 Å². The van der Waals surface area contributed by atoms with E-state index in [2.05, 4.69) is 17.3 Å². The molecule has 1 fully saturated rings. The van der Waals surface area contributed by atoms with Crippen molar-refractivity contribution in [1.29, 1.82) is 0 Å². The second kappa shape index (κ2) is 8.18. The number of primary amides is 1. The van der Waals surface area contributed by atoms with E-state index >= 15 is 0 Å². The lowest BCUT2D eigenvalue weighted by atomic mass is 9.97. The molecule has 2 aromatic rings. The van der Waals surface area contributed by atoms with Crippen LogP contribution in [0.3, 0.4) is 0 Å². The molecule has 3 rings (SSSR count). The van der Waals surface area contributed by atoms with Gasteiger partial charge in [-0.05, 0) is 42.3 Å². The van der Waals surface area contributed by atoms with Gasteiger partial charge in [-0.1, -0.05) is 36.1 Å². The Balaban J connectivity index is 1.69. The summed E-state index contributed by atoms with van der Waals surface area (Å²) in [6, 6.07) is 12.2. The highest BCUT2D eigenvalue weighted by Gasteiger charge is 2.28. The van der Waals surface area contributed by atoms with Gasteiger partial charge in [0, 0.05) is 12.0 Å². The van der Waals surface area contributed by atoms with Crippen LogP contribution in [0, 0.1) is 17.7 Å². The third-order valence-corrected chi connectivity index (χ3v) is 4.35. The SMILES string of the molecule is CC(C#Cc1cccc(C2CC(c3ccc(F)cc3)NO2)c1)N(O)C(N)=O. The van der Waals surface area contributed by atoms with Crippen LogP contribution in [0.1, 0.15) is 42.2 Å². The van der Waals surface area contributed by atoms with Crippen LogP contribution in [0.15, 0.2) is 48.5 Å². The van der Waals surface area contributed by atoms with E-state index in [1.165, 1.54) is 12.1 Å². The lowest BCUT2D eigenvalue weighted by Crippen LogP contribution is -2.38. The van der Waals surface area contributed by atoms with E-state index in [0.29, 0.717) is 11.5 Å². The molecular weight excluding hydrogens is 349 g/mol. The van der Waals surface area contributed by atoms with E-state index in [4.69, 9.17) is 10.6 Å². The Morgan fingerprint density at radius 3 is 2.78 bits per heavy atom. The number of nitrogens with one attached hydrogen (secondary N) is 1. The Morgan fingerprint density at radius 2 is 2.07 bits per heavy atom. The van der Waals surface area contributed by atoms with Crippen LogP contribution in [0.4, 0.5) is 9.18 Å². The maximum atomic E-state index is 13.1. The summed E-state index contributed by atoms with van der Waals surface area (Å²) in [5.74, 6) is 5.42. The summed E-state index contributed by atoms with van der Waals surface area (Å²) in [5, 5.41) is 9.84. The quantitative estimate of drug-likeness (QED) is 0.441. The second-order valence-corrected chi connectivity index (χ2v) is 6.32. The molecule has 1 aliphatic heterocycles. The summed E-state index contributed by atoms with van der Waals surface area (Å²) in [6.45, 7) is 1.57. The number of amides is 2. The molecule has 2 aromatic carbocycles. The molecule has 1 aliphatic rings. The maximum Gasteiger partial charge on any atom is 0.339 e. The van der Waals surface area contributed by atoms with Crippen LogP contribution >= 0.6 is 0 Å². The van der Waals surface area contributed by atoms with Crippen molar-refractivity contribution < 1.29 is 19.2 Å². The summed E-state index contributed by atoms with van der Waals surface area (Å²) >= 11 is 0. The molecule has 3 atom stereocenters. The number of carbonyl (C=O) groups excluding carboxylic acids is 1. The topological polar surface area (TPSA) is 87.8 Å². The first kappa shape index (κ1) is 18.9. The van der Waals surface area contributed by atoms with E-state index in [1.54, 1.807) is 19.1 Å². The van der Waals surface area contributed by atoms with Gasteiger partial charge in [0.1, 0.15) is 18.0 Å². The first-order valence-corrected chi connectivity index (χ1v) is 8.49. The Kier molecular flexibility index (Phi) is 5.72. The minimum absolute atomic E-state index is 0.0242. The highest BCUT2D eigenvalue weighted by atomic mass is 19.1. The summed E-state index contributed by atoms with van der Waals surface area (Å²) in [5.41, 5.74) is 10.6. The van der Waals surface area contributed by atoms with E-state index < -0.39 is 12.1 Å². The number of hydroxylamine groups is 3. The zero-order chi connectivity index (χ0) is 19.4. The van der Waals surface area contributed by atoms with Crippen LogP contribution in [0.2, 0.25) is 0 Å². The van der Waals surface area contributed by atoms with Crippen molar-refractivity contribution in [1.82, 2.24) is 10.5 Å². The second-order valence-electron chi connectivity index (χ2n) is 6.32. The number of benzene rings is 2. The lowest BCUT2D eigenvalue weighted by Gasteiger charge is -2.14. The average molecular weight is 369 g/mol. The monoisotopic (exact) mass is 369 g/mol. The number of carbonyl (C=O) groups is 1. The van der Waals surface area contributed by atoms with Crippen LogP contribution in [0.5, 0.6) is 0 Å². The molecule has 6 nitrogen and oxygen atoms in total. The summed E-state index contributed by atoms with van der Waals surface area (Å²) in [6.07, 6.45) is 0.532. The highest BCUT2D eigenvalue weighted by molar-refractivity contribution is 5.71. The lowest BCUT2D eigenvalue weighted by molar-refractivity contribution is -0.0536. The average Bonchev–Trinajstić information content (AvgIpc) is 3.16. The molecule has 0 aliphatic carbocycles. The van der Waals surface area contributed by atoms with Crippen molar-refractivity contribution in [3.63, 3.8) is 0 Å². The number of hydrogen-bond donors (Lipinski definition) is 3. The minimum atomic E-state index is -0.956. The third-order valence-electron chi connectivity index (χ3n) is 4.35. The van der Waals surface area contributed by atoms with Crippen LogP contribution in [-0.4, -0.2) is 22.3 Å². The Bertz CT molecular complexity index is 876. The van der Waals surface area contributed by atoms with E-state index in [9.17, 15) is 14.4 Å². The van der Waals surface area contributed by atoms with E-state index in [1.807, 2.05) is 24.3 Å². The van der Waals surface area contributed by atoms with Crippen LogP contribution in [0.25, 0.3) is 0 Å². The molecule has 2 amide bonds. The molecule has 0 aromatic heterocycles. The van der Waals surface area contributed by atoms with Gasteiger partial charge in [-0.25, -0.2) is 9.18 Å². The van der Waals surface area contributed by atoms with Crippen molar-refractivity contribution in [2.24, 2.45) is 5.73 Å². The summed E-state index contributed by atoms with van der Waals surface area (Å²) < 4.78 is 13.1. The van der Waals surface area contributed by atoms with Gasteiger partial charge in [-0.3, -0.25) is 10.0 Å². The molecule has 4 N–H and O–H groups in total. The van der Waals surface area contributed by atoms with Crippen molar-refractivity contribution in [3.05, 3.63) is 71.0 Å². The Labute approximate surface area is 156 Å². The van der Waals surface area contributed by atoms with Gasteiger partial charge in [-0.15, -0.1) is 0 Å². The van der Waals surface area contributed by atoms with E-state index in [-0.39, 0.29) is 18.0 Å². The molecule has 0 radical (unpaired) electrons. The molecule has 0 bridgehead atoms. The summed E-state index contributed by atoms with van der Waals surface area (Å²) in [7, 11) is 0. The fraction of sp³-hybridized carbons (Fsp3) is 0.250. The van der Waals surface area contributed by atoms with Crippen molar-refractivity contribution in [3.8, 4) is 11.8 Å². The number of hydrogen-bond acceptors (Lipinski definition) is 4. The van der Waals surface area contributed by atoms with Crippen LogP contribution in [-0.2, 0) is 4.84 Å². The minimum Gasteiger partial charge on any atom is -0.350 e. The van der Waals surface area contributed by atoms with Gasteiger partial charge < -0.3 is 5.73 Å². The number of nitrogens with two attached hydrogens (primary N) is 1. The maximum absolute atomic E-state index is 13.1. The molecule has 1 saturated heterocycles. The summed E-state index contributed by atoms with van der Waals surface area (Å²) in [4.78, 5) is 16.6. The third kappa shape index (κ3) is 4.63. The molecule has 27 heavy (non-hydrogen) atoms. The molecular formula is C20H20FN3O3. The number of urea groups is 1. The first-order chi connectivity index (χ1) is 12.9. The zero-order valence-electron chi connectivity index (χ0n) is 14.7. The molecule has 0 saturated carbocycles. The van der Waals surface area contributed by atoms with E-state index in [0.717, 1.165) is 16.7 Å². The Hall–Kier alpha value is -2.92. The predicted molar refractivity (Wildman–Crippen MR) is 96.7 cm³/mol. The molecule has 140 valence electrons. The van der Waals surface area contributed by atoms with Gasteiger partial charge >= 0.3 is 6.03 Å². The smallest absolute Gasteiger partial charge is 0.339 e. The van der Waals surface area contributed by atoms with Gasteiger partial charge in [0.15, 0.2) is 0 Å². The molecule has 7 heteroatoms. The molecule has 1 heterocycles. The zero-order valence-corrected chi connectivity index (χ0v) is 14.7. The van der Waals surface area contributed by atoms with Gasteiger partial charge in [0.25, 0.3) is 0 Å². The largest absolute Gasteiger partial charge is 0.350 e. The first-order valence-electron chi connectivity index (χ1n) is 8.49. The van der Waals surface area contributed by atoms with Crippen molar-refractivity contribution in [2.45, 2.75) is 31.5 Å². The van der Waals surface area contributed by atoms with Gasteiger partial charge in [-0.2, -0.15) is 10.5 Å². The van der Waals surface area contributed by atoms with Crippen LogP contribution < -0.4 is 11.2 Å². The van der Waals surface area contributed by atoms with Crippen molar-refractivity contribution in [2.75, 3.05) is 0 Å². The fourth-order valence-electron chi connectivity index (χ4n) is 2.83. The Morgan fingerprint density at radius 1 is 1.33 bits per heavy atom. The number of halogens is 1.